The number of nitrogens with zero attached hydrogens (tertiary/aromatic N) is 1. The molecule has 220 valence electrons. The molecule has 1 unspecified atom stereocenters. The lowest BCUT2D eigenvalue weighted by molar-refractivity contribution is -0.147. The second-order valence-corrected chi connectivity index (χ2v) is 10.1. The fourth-order valence-corrected chi connectivity index (χ4v) is 5.34. The van der Waals surface area contributed by atoms with Crippen LogP contribution < -0.4 is 14.8 Å². The minimum absolute atomic E-state index is 0.0886. The van der Waals surface area contributed by atoms with Crippen LogP contribution in [-0.2, 0) is 32.0 Å². The van der Waals surface area contributed by atoms with E-state index in [9.17, 15) is 19.2 Å². The average molecular weight is 573 g/mol. The van der Waals surface area contributed by atoms with E-state index in [0.717, 1.165) is 17.5 Å². The molecule has 9 heteroatoms. The molecular weight excluding hydrogens is 536 g/mol. The van der Waals surface area contributed by atoms with Crippen LogP contribution in [0, 0.1) is 6.92 Å². The number of benzene rings is 3. The molecule has 0 bridgehead atoms. The Hall–Kier alpha value is -4.66. The van der Waals surface area contributed by atoms with Crippen molar-refractivity contribution in [1.29, 1.82) is 0 Å². The molecule has 0 spiro atoms. The predicted octanol–water partition coefficient (Wildman–Crippen LogP) is 4.00. The van der Waals surface area contributed by atoms with Crippen LogP contribution in [0.1, 0.15) is 51.5 Å². The summed E-state index contributed by atoms with van der Waals surface area (Å²) in [5.41, 5.74) is 3.40. The van der Waals surface area contributed by atoms with E-state index in [1.165, 1.54) is 38.4 Å². The maximum Gasteiger partial charge on any atom is 0.328 e. The quantitative estimate of drug-likeness (QED) is 0.210. The minimum atomic E-state index is -1.11. The molecular formula is C33H36N2O7. The number of aryl methyl sites for hydroxylation is 1. The van der Waals surface area contributed by atoms with Gasteiger partial charge in [0.25, 0.3) is 11.7 Å². The number of nitrogens with one attached hydrogen (secondary N) is 1. The lowest BCUT2D eigenvalue weighted by Gasteiger charge is -2.36. The van der Waals surface area contributed by atoms with Crippen molar-refractivity contribution in [3.05, 3.63) is 94.5 Å². The molecule has 0 fully saturated rings. The molecule has 2 atom stereocenters. The molecule has 2 amide bonds. The van der Waals surface area contributed by atoms with E-state index in [-0.39, 0.29) is 12.1 Å². The first-order chi connectivity index (χ1) is 20.3. The maximum atomic E-state index is 13.9. The highest BCUT2D eigenvalue weighted by Gasteiger charge is 2.40. The topological polar surface area (TPSA) is 111 Å². The Labute approximate surface area is 245 Å². The van der Waals surface area contributed by atoms with Gasteiger partial charge in [0.15, 0.2) is 0 Å². The van der Waals surface area contributed by atoms with Gasteiger partial charge < -0.3 is 24.4 Å². The summed E-state index contributed by atoms with van der Waals surface area (Å²) in [5, 5.41) is 2.81. The van der Waals surface area contributed by atoms with E-state index < -0.39 is 35.7 Å². The number of Topliss-reactive ketones (excluding diaryl/α,β-unsaturated/α-hetero) is 1. The van der Waals surface area contributed by atoms with Gasteiger partial charge in [0.1, 0.15) is 23.6 Å². The van der Waals surface area contributed by atoms with Crippen LogP contribution in [0.3, 0.4) is 0 Å². The molecule has 4 rings (SSSR count). The van der Waals surface area contributed by atoms with E-state index >= 15 is 0 Å². The molecule has 0 saturated carbocycles. The summed E-state index contributed by atoms with van der Waals surface area (Å²) < 4.78 is 15.7. The van der Waals surface area contributed by atoms with E-state index in [1.807, 2.05) is 42.5 Å². The van der Waals surface area contributed by atoms with Gasteiger partial charge in [-0.3, -0.25) is 14.4 Å². The van der Waals surface area contributed by atoms with E-state index in [0.29, 0.717) is 41.9 Å². The van der Waals surface area contributed by atoms with Crippen LogP contribution in [0.2, 0.25) is 0 Å². The van der Waals surface area contributed by atoms with Gasteiger partial charge in [0, 0.05) is 17.7 Å². The van der Waals surface area contributed by atoms with Gasteiger partial charge in [0.2, 0.25) is 5.91 Å². The summed E-state index contributed by atoms with van der Waals surface area (Å²) in [6.07, 6.45) is 2.16. The molecule has 1 heterocycles. The Morgan fingerprint density at radius 2 is 1.57 bits per heavy atom. The number of rotatable bonds is 11. The number of ether oxygens (including phenoxy) is 3. The third-order valence-corrected chi connectivity index (χ3v) is 7.60. The molecule has 0 aliphatic carbocycles. The summed E-state index contributed by atoms with van der Waals surface area (Å²) in [6.45, 7) is 1.93. The Morgan fingerprint density at radius 3 is 2.21 bits per heavy atom. The highest BCUT2D eigenvalue weighted by molar-refractivity contribution is 6.43. The Kier molecular flexibility index (Phi) is 9.96. The number of methoxy groups -OCH3 is 3. The summed E-state index contributed by atoms with van der Waals surface area (Å²) >= 11 is 0. The Balaban J connectivity index is 1.60. The van der Waals surface area contributed by atoms with Crippen molar-refractivity contribution in [1.82, 2.24) is 10.2 Å². The van der Waals surface area contributed by atoms with Crippen LogP contribution in [0.25, 0.3) is 0 Å². The lowest BCUT2D eigenvalue weighted by atomic mass is 9.91. The van der Waals surface area contributed by atoms with Gasteiger partial charge in [0.05, 0.1) is 21.3 Å². The van der Waals surface area contributed by atoms with E-state index in [1.54, 1.807) is 19.1 Å². The fraction of sp³-hybridized carbons (Fsp3) is 0.333. The number of esters is 1. The summed E-state index contributed by atoms with van der Waals surface area (Å²) in [4.78, 5) is 55.1. The van der Waals surface area contributed by atoms with Crippen LogP contribution in [-0.4, -0.2) is 62.4 Å². The van der Waals surface area contributed by atoms with Crippen molar-refractivity contribution in [2.75, 3.05) is 27.9 Å². The van der Waals surface area contributed by atoms with Crippen LogP contribution in [0.15, 0.2) is 66.7 Å². The summed E-state index contributed by atoms with van der Waals surface area (Å²) in [6, 6.07) is 18.1. The number of carbonyl (C=O) groups is 4. The predicted molar refractivity (Wildman–Crippen MR) is 157 cm³/mol. The first-order valence-electron chi connectivity index (χ1n) is 13.9. The Morgan fingerprint density at radius 1 is 0.929 bits per heavy atom. The zero-order valence-corrected chi connectivity index (χ0v) is 24.3. The molecule has 42 heavy (non-hydrogen) atoms. The first kappa shape index (κ1) is 30.3. The van der Waals surface area contributed by atoms with Gasteiger partial charge in [-0.2, -0.15) is 0 Å². The standard InChI is InChI=1S/C33H36N2O7/c1-21-27(40-2)19-24(20-28(21)41-3)30(36)32(38)35-18-17-23-14-8-9-15-25(23)29(35)31(37)34-26(33(39)42-4)16-10-13-22-11-6-5-7-12-22/h5-9,11-12,14-15,19-20,26,29H,10,13,16-18H2,1-4H3,(H,34,37)/t26?,29-/m0/s1. The fourth-order valence-electron chi connectivity index (χ4n) is 5.34. The SMILES string of the molecule is COC(=O)C(CCCc1ccccc1)NC(=O)[C@@H]1c2ccccc2CCN1C(=O)C(=O)c1cc(OC)c(C)c(OC)c1. The number of carbonyl (C=O) groups excluding carboxylic acids is 4. The monoisotopic (exact) mass is 572 g/mol. The van der Waals surface area contributed by atoms with Crippen molar-refractivity contribution in [3.63, 3.8) is 0 Å². The van der Waals surface area contributed by atoms with Gasteiger partial charge in [-0.25, -0.2) is 4.79 Å². The summed E-state index contributed by atoms with van der Waals surface area (Å²) in [7, 11) is 4.21. The average Bonchev–Trinajstić information content (AvgIpc) is 3.03. The van der Waals surface area contributed by atoms with Crippen molar-refractivity contribution in [2.45, 2.75) is 44.7 Å². The van der Waals surface area contributed by atoms with Crippen molar-refractivity contribution >= 4 is 23.6 Å². The molecule has 0 aromatic heterocycles. The van der Waals surface area contributed by atoms with Gasteiger partial charge in [-0.15, -0.1) is 0 Å². The normalized spacial score (nSPS) is 14.8. The minimum Gasteiger partial charge on any atom is -0.496 e. The number of fused-ring (bicyclic) bond motifs is 1. The second-order valence-electron chi connectivity index (χ2n) is 10.1. The number of hydrogen-bond donors (Lipinski definition) is 1. The summed E-state index contributed by atoms with van der Waals surface area (Å²) in [5.74, 6) is -1.96. The molecule has 3 aromatic rings. The molecule has 9 nitrogen and oxygen atoms in total. The maximum absolute atomic E-state index is 13.9. The van der Waals surface area contributed by atoms with E-state index in [2.05, 4.69) is 5.32 Å². The highest BCUT2D eigenvalue weighted by Crippen LogP contribution is 2.33. The molecule has 1 N–H and O–H groups in total. The molecule has 0 saturated heterocycles. The Bertz CT molecular complexity index is 1430. The van der Waals surface area contributed by atoms with Crippen molar-refractivity contribution in [2.24, 2.45) is 0 Å². The molecule has 1 aliphatic heterocycles. The van der Waals surface area contributed by atoms with E-state index in [4.69, 9.17) is 14.2 Å². The third-order valence-electron chi connectivity index (χ3n) is 7.60. The van der Waals surface area contributed by atoms with Crippen LogP contribution in [0.4, 0.5) is 0 Å². The smallest absolute Gasteiger partial charge is 0.328 e. The molecule has 1 aliphatic rings. The van der Waals surface area contributed by atoms with Crippen LogP contribution >= 0.6 is 0 Å². The molecule has 0 radical (unpaired) electrons. The number of amides is 2. The second kappa shape index (κ2) is 13.8. The van der Waals surface area contributed by atoms with Crippen LogP contribution in [0.5, 0.6) is 11.5 Å². The largest absolute Gasteiger partial charge is 0.496 e. The zero-order valence-electron chi connectivity index (χ0n) is 24.3. The van der Waals surface area contributed by atoms with Gasteiger partial charge in [-0.05, 0) is 61.4 Å². The van der Waals surface area contributed by atoms with Gasteiger partial charge in [-0.1, -0.05) is 54.6 Å². The number of hydrogen-bond acceptors (Lipinski definition) is 7. The lowest BCUT2D eigenvalue weighted by Crippen LogP contribution is -2.52. The number of ketones is 1. The van der Waals surface area contributed by atoms with Gasteiger partial charge >= 0.3 is 5.97 Å². The van der Waals surface area contributed by atoms with Crippen molar-refractivity contribution < 1.29 is 33.4 Å². The van der Waals surface area contributed by atoms with Crippen molar-refractivity contribution in [3.8, 4) is 11.5 Å². The highest BCUT2D eigenvalue weighted by atomic mass is 16.5. The first-order valence-corrected chi connectivity index (χ1v) is 13.9. The zero-order chi connectivity index (χ0) is 30.2. The molecule has 3 aromatic carbocycles. The third kappa shape index (κ3) is 6.62.